The molecule has 18 heavy (non-hydrogen) atoms. The van der Waals surface area contributed by atoms with Crippen LogP contribution in [0.4, 0.5) is 13.2 Å². The van der Waals surface area contributed by atoms with Crippen molar-refractivity contribution in [3.05, 3.63) is 35.4 Å². The summed E-state index contributed by atoms with van der Waals surface area (Å²) in [4.78, 5) is 0. The van der Waals surface area contributed by atoms with Gasteiger partial charge in [0.15, 0.2) is 0 Å². The summed E-state index contributed by atoms with van der Waals surface area (Å²) in [5, 5.41) is 8.62. The van der Waals surface area contributed by atoms with Crippen LogP contribution in [0.1, 0.15) is 24.2 Å². The van der Waals surface area contributed by atoms with E-state index in [1.165, 1.54) is 24.3 Å². The first-order chi connectivity index (χ1) is 8.17. The molecule has 0 N–H and O–H groups in total. The van der Waals surface area contributed by atoms with Gasteiger partial charge in [-0.2, -0.15) is 26.9 Å². The Hall–Kier alpha value is -1.59. The molecule has 0 aliphatic heterocycles. The van der Waals surface area contributed by atoms with Gasteiger partial charge >= 0.3 is 15.6 Å². The molecule has 1 unspecified atom stereocenters. The van der Waals surface area contributed by atoms with Crippen molar-refractivity contribution in [2.75, 3.05) is 0 Å². The molecule has 0 bridgehead atoms. The zero-order valence-electron chi connectivity index (χ0n) is 9.10. The lowest BCUT2D eigenvalue weighted by atomic mass is 10.1. The summed E-state index contributed by atoms with van der Waals surface area (Å²) in [7, 11) is -5.65. The molecule has 1 aromatic rings. The van der Waals surface area contributed by atoms with E-state index in [1.807, 2.05) is 0 Å². The fourth-order valence-electron chi connectivity index (χ4n) is 1.16. The van der Waals surface area contributed by atoms with Crippen molar-refractivity contribution in [1.82, 2.24) is 0 Å². The van der Waals surface area contributed by atoms with Gasteiger partial charge in [-0.15, -0.1) is 0 Å². The quantitative estimate of drug-likeness (QED) is 0.629. The van der Waals surface area contributed by atoms with Crippen LogP contribution in [0, 0.1) is 11.3 Å². The van der Waals surface area contributed by atoms with Crippen molar-refractivity contribution in [1.29, 1.82) is 5.26 Å². The molecule has 0 heterocycles. The Kier molecular flexibility index (Phi) is 3.98. The third-order valence-electron chi connectivity index (χ3n) is 2.04. The molecule has 0 amide bonds. The Morgan fingerprint density at radius 2 is 2.00 bits per heavy atom. The van der Waals surface area contributed by atoms with Gasteiger partial charge in [-0.1, -0.05) is 12.1 Å². The second-order valence-corrected chi connectivity index (χ2v) is 4.94. The maximum atomic E-state index is 12.1. The molecule has 1 rings (SSSR count). The number of alkyl halides is 3. The summed E-state index contributed by atoms with van der Waals surface area (Å²) >= 11 is 0. The highest BCUT2D eigenvalue weighted by Crippen LogP contribution is 2.30. The molecule has 0 aliphatic rings. The van der Waals surface area contributed by atoms with E-state index in [0.29, 0.717) is 0 Å². The zero-order chi connectivity index (χ0) is 14.0. The zero-order valence-corrected chi connectivity index (χ0v) is 9.92. The summed E-state index contributed by atoms with van der Waals surface area (Å²) in [6.45, 7) is 1.15. The van der Waals surface area contributed by atoms with Gasteiger partial charge < -0.3 is 0 Å². The lowest BCUT2D eigenvalue weighted by Crippen LogP contribution is -2.26. The van der Waals surface area contributed by atoms with Crippen molar-refractivity contribution in [3.8, 4) is 6.07 Å². The standard InChI is InChI=1S/C10H8F3NO3S/c1-7(17-18(15,16)10(11,12)13)9-4-2-3-8(5-9)6-14/h2-5,7H,1H3. The van der Waals surface area contributed by atoms with Gasteiger partial charge in [-0.25, -0.2) is 0 Å². The normalized spacial score (nSPS) is 13.9. The fraction of sp³-hybridized carbons (Fsp3) is 0.300. The topological polar surface area (TPSA) is 67.2 Å². The molecule has 0 saturated carbocycles. The van der Waals surface area contributed by atoms with Crippen molar-refractivity contribution in [2.24, 2.45) is 0 Å². The summed E-state index contributed by atoms with van der Waals surface area (Å²) in [6.07, 6.45) is -1.33. The van der Waals surface area contributed by atoms with Crippen LogP contribution in [0.5, 0.6) is 0 Å². The highest BCUT2D eigenvalue weighted by Gasteiger charge is 2.48. The molecule has 4 nitrogen and oxygen atoms in total. The average Bonchev–Trinajstić information content (AvgIpc) is 2.27. The predicted octanol–water partition coefficient (Wildman–Crippen LogP) is 2.49. The maximum Gasteiger partial charge on any atom is 0.523 e. The molecule has 8 heteroatoms. The van der Waals surface area contributed by atoms with E-state index in [2.05, 4.69) is 4.18 Å². The Balaban J connectivity index is 2.97. The Morgan fingerprint density at radius 3 is 2.50 bits per heavy atom. The Bertz CT molecular complexity index is 575. The fourth-order valence-corrected chi connectivity index (χ4v) is 1.76. The minimum atomic E-state index is -5.65. The second-order valence-electron chi connectivity index (χ2n) is 3.38. The molecule has 0 spiro atoms. The Morgan fingerprint density at radius 1 is 1.39 bits per heavy atom. The maximum absolute atomic E-state index is 12.1. The molecule has 0 aliphatic carbocycles. The Labute approximate surface area is 102 Å². The minimum absolute atomic E-state index is 0.168. The van der Waals surface area contributed by atoms with Gasteiger partial charge in [0, 0.05) is 0 Å². The molecule has 1 atom stereocenters. The van der Waals surface area contributed by atoms with Crippen LogP contribution in [0.15, 0.2) is 24.3 Å². The van der Waals surface area contributed by atoms with Gasteiger partial charge in [-0.05, 0) is 24.6 Å². The van der Waals surface area contributed by atoms with Crippen LogP contribution in [0.2, 0.25) is 0 Å². The summed E-state index contributed by atoms with van der Waals surface area (Å²) in [5.41, 5.74) is -5.09. The van der Waals surface area contributed by atoms with Crippen LogP contribution >= 0.6 is 0 Å². The van der Waals surface area contributed by atoms with Gasteiger partial charge in [0.2, 0.25) is 0 Å². The van der Waals surface area contributed by atoms with Crippen LogP contribution in [-0.4, -0.2) is 13.9 Å². The van der Waals surface area contributed by atoms with Crippen LogP contribution in [-0.2, 0) is 14.3 Å². The molecule has 0 radical (unpaired) electrons. The lowest BCUT2D eigenvalue weighted by molar-refractivity contribution is -0.0569. The monoisotopic (exact) mass is 279 g/mol. The molecular weight excluding hydrogens is 271 g/mol. The first kappa shape index (κ1) is 14.5. The van der Waals surface area contributed by atoms with E-state index < -0.39 is 21.7 Å². The molecule has 98 valence electrons. The minimum Gasteiger partial charge on any atom is -0.255 e. The largest absolute Gasteiger partial charge is 0.523 e. The van der Waals surface area contributed by atoms with E-state index in [4.69, 9.17) is 5.26 Å². The summed E-state index contributed by atoms with van der Waals surface area (Å²) in [5.74, 6) is 0. The lowest BCUT2D eigenvalue weighted by Gasteiger charge is -2.14. The van der Waals surface area contributed by atoms with E-state index in [-0.39, 0.29) is 11.1 Å². The molecule has 0 fully saturated rings. The van der Waals surface area contributed by atoms with Gasteiger partial charge in [0.25, 0.3) is 0 Å². The average molecular weight is 279 g/mol. The number of nitrogens with zero attached hydrogens (tertiary/aromatic N) is 1. The smallest absolute Gasteiger partial charge is 0.255 e. The van der Waals surface area contributed by atoms with E-state index in [9.17, 15) is 21.6 Å². The molecule has 0 aromatic heterocycles. The molecule has 0 saturated heterocycles. The summed E-state index contributed by atoms with van der Waals surface area (Å²) in [6, 6.07) is 7.28. The third-order valence-corrected chi connectivity index (χ3v) is 3.15. The number of benzene rings is 1. The molecule has 1 aromatic carbocycles. The van der Waals surface area contributed by atoms with E-state index >= 15 is 0 Å². The van der Waals surface area contributed by atoms with E-state index in [1.54, 1.807) is 6.07 Å². The van der Waals surface area contributed by atoms with E-state index in [0.717, 1.165) is 6.92 Å². The number of rotatable bonds is 3. The first-order valence-corrected chi connectivity index (χ1v) is 6.08. The highest BCUT2D eigenvalue weighted by molar-refractivity contribution is 7.87. The number of hydrogen-bond acceptors (Lipinski definition) is 4. The van der Waals surface area contributed by atoms with Crippen molar-refractivity contribution < 1.29 is 25.8 Å². The van der Waals surface area contributed by atoms with Crippen molar-refractivity contribution in [3.63, 3.8) is 0 Å². The number of hydrogen-bond donors (Lipinski definition) is 0. The van der Waals surface area contributed by atoms with Gasteiger partial charge in [-0.3, -0.25) is 4.18 Å². The summed E-state index contributed by atoms with van der Waals surface area (Å²) < 4.78 is 61.9. The van der Waals surface area contributed by atoms with Crippen molar-refractivity contribution >= 4 is 10.1 Å². The van der Waals surface area contributed by atoms with Crippen molar-refractivity contribution in [2.45, 2.75) is 18.5 Å². The third kappa shape index (κ3) is 3.21. The first-order valence-electron chi connectivity index (χ1n) is 4.67. The predicted molar refractivity (Wildman–Crippen MR) is 55.6 cm³/mol. The second kappa shape index (κ2) is 4.96. The SMILES string of the molecule is CC(OS(=O)(=O)C(F)(F)F)c1cccc(C#N)c1. The van der Waals surface area contributed by atoms with Crippen LogP contribution in [0.25, 0.3) is 0 Å². The molecular formula is C10H8F3NO3S. The van der Waals surface area contributed by atoms with Gasteiger partial charge in [0.05, 0.1) is 17.7 Å². The number of halogens is 3. The highest BCUT2D eigenvalue weighted by atomic mass is 32.2. The number of nitriles is 1. The van der Waals surface area contributed by atoms with Gasteiger partial charge in [0.1, 0.15) is 0 Å². The van der Waals surface area contributed by atoms with Crippen LogP contribution < -0.4 is 0 Å². The van der Waals surface area contributed by atoms with Crippen LogP contribution in [0.3, 0.4) is 0 Å².